The van der Waals surface area contributed by atoms with E-state index in [1.54, 1.807) is 6.07 Å². The third kappa shape index (κ3) is 4.30. The molecule has 0 saturated carbocycles. The van der Waals surface area contributed by atoms with Crippen molar-refractivity contribution in [2.75, 3.05) is 6.61 Å². The highest BCUT2D eigenvalue weighted by Crippen LogP contribution is 2.38. The van der Waals surface area contributed by atoms with Gasteiger partial charge in [0, 0.05) is 16.3 Å². The Hall–Kier alpha value is -2.95. The fourth-order valence-electron chi connectivity index (χ4n) is 3.63. The summed E-state index contributed by atoms with van der Waals surface area (Å²) in [5, 5.41) is 18.7. The smallest absolute Gasteiger partial charge is 0.162 e. The fourth-order valence-corrected chi connectivity index (χ4v) is 3.75. The molecule has 0 aromatic heterocycles. The van der Waals surface area contributed by atoms with Gasteiger partial charge >= 0.3 is 0 Å². The molecule has 0 aliphatic carbocycles. The second-order valence-electron chi connectivity index (χ2n) is 7.35. The lowest BCUT2D eigenvalue weighted by Crippen LogP contribution is -2.39. The van der Waals surface area contributed by atoms with E-state index < -0.39 is 0 Å². The van der Waals surface area contributed by atoms with Crippen molar-refractivity contribution < 1.29 is 9.84 Å². The summed E-state index contributed by atoms with van der Waals surface area (Å²) in [6.07, 6.45) is 1.96. The van der Waals surface area contributed by atoms with Crippen LogP contribution < -0.4 is 15.4 Å². The van der Waals surface area contributed by atoms with Crippen LogP contribution in [0.4, 0.5) is 0 Å². The maximum atomic E-state index is 10.8. The average molecular weight is 421 g/mol. The molecule has 3 aromatic carbocycles. The lowest BCUT2D eigenvalue weighted by Gasteiger charge is -2.33. The van der Waals surface area contributed by atoms with Crippen LogP contribution in [-0.2, 0) is 0 Å². The van der Waals surface area contributed by atoms with E-state index in [0.29, 0.717) is 17.4 Å². The summed E-state index contributed by atoms with van der Waals surface area (Å²) in [6, 6.07) is 21.6. The Morgan fingerprint density at radius 1 is 1.00 bits per heavy atom. The Bertz CT molecular complexity index is 1050. The molecule has 5 heteroatoms. The van der Waals surface area contributed by atoms with Gasteiger partial charge in [-0.05, 0) is 49.2 Å². The molecular formula is C25H25ClN2O2. The van der Waals surface area contributed by atoms with Crippen molar-refractivity contribution in [3.8, 4) is 11.5 Å². The number of ether oxygens (including phenoxy) is 1. The first-order valence-electron chi connectivity index (χ1n) is 10.1. The summed E-state index contributed by atoms with van der Waals surface area (Å²) in [4.78, 5) is 0. The number of halogens is 1. The van der Waals surface area contributed by atoms with Gasteiger partial charge in [-0.2, -0.15) is 0 Å². The number of benzene rings is 3. The zero-order valence-corrected chi connectivity index (χ0v) is 17.8. The topological polar surface area (TPSA) is 53.5 Å². The Balaban J connectivity index is 1.75. The van der Waals surface area contributed by atoms with Crippen LogP contribution >= 0.6 is 11.6 Å². The average Bonchev–Trinajstić information content (AvgIpc) is 2.76. The molecule has 2 unspecified atom stereocenters. The molecule has 1 aliphatic heterocycles. The van der Waals surface area contributed by atoms with Crippen LogP contribution in [0, 0.1) is 6.92 Å². The molecule has 4 nitrogen and oxygen atoms in total. The normalized spacial score (nSPS) is 18.4. The summed E-state index contributed by atoms with van der Waals surface area (Å²) in [6.45, 7) is 4.47. The van der Waals surface area contributed by atoms with Crippen molar-refractivity contribution >= 4 is 17.3 Å². The monoisotopic (exact) mass is 420 g/mol. The van der Waals surface area contributed by atoms with Crippen LogP contribution in [0.1, 0.15) is 41.4 Å². The van der Waals surface area contributed by atoms with E-state index in [-0.39, 0.29) is 18.0 Å². The molecule has 1 aliphatic rings. The van der Waals surface area contributed by atoms with Gasteiger partial charge in [0.2, 0.25) is 0 Å². The SMILES string of the molecule is CCOc1cccc(C2C=C(c3ccc(Cl)cc3)NC(c3ccc(C)cc3)N2)c1O. The van der Waals surface area contributed by atoms with Crippen molar-refractivity contribution in [3.63, 3.8) is 0 Å². The maximum absolute atomic E-state index is 10.8. The fraction of sp³-hybridized carbons (Fsp3) is 0.200. The molecular weight excluding hydrogens is 396 g/mol. The lowest BCUT2D eigenvalue weighted by molar-refractivity contribution is 0.314. The third-order valence-electron chi connectivity index (χ3n) is 5.21. The van der Waals surface area contributed by atoms with Gasteiger partial charge < -0.3 is 15.2 Å². The second kappa shape index (κ2) is 8.82. The minimum absolute atomic E-state index is 0.124. The molecule has 0 radical (unpaired) electrons. The summed E-state index contributed by atoms with van der Waals surface area (Å²) in [5.74, 6) is 0.650. The molecule has 3 aromatic rings. The summed E-state index contributed by atoms with van der Waals surface area (Å²) < 4.78 is 5.59. The van der Waals surface area contributed by atoms with E-state index in [1.165, 1.54) is 5.56 Å². The van der Waals surface area contributed by atoms with Gasteiger partial charge in [-0.15, -0.1) is 0 Å². The second-order valence-corrected chi connectivity index (χ2v) is 7.78. The van der Waals surface area contributed by atoms with Gasteiger partial charge in [0.15, 0.2) is 11.5 Å². The Morgan fingerprint density at radius 3 is 2.43 bits per heavy atom. The minimum Gasteiger partial charge on any atom is -0.504 e. The number of phenols is 1. The first-order valence-corrected chi connectivity index (χ1v) is 10.4. The number of para-hydroxylation sites is 1. The predicted octanol–water partition coefficient (Wildman–Crippen LogP) is 5.73. The van der Waals surface area contributed by atoms with Crippen LogP contribution in [0.2, 0.25) is 5.02 Å². The number of hydrogen-bond donors (Lipinski definition) is 3. The number of aromatic hydroxyl groups is 1. The molecule has 4 rings (SSSR count). The standard InChI is InChI=1S/C25H25ClN2O2/c1-3-30-23-6-4-5-20(24(23)29)22-15-21(17-11-13-19(26)14-12-17)27-25(28-22)18-9-7-16(2)8-10-18/h4-15,22,25,27-29H,3H2,1-2H3. The van der Waals surface area contributed by atoms with Gasteiger partial charge in [-0.25, -0.2) is 0 Å². The number of phenolic OH excluding ortho intramolecular Hbond substituents is 1. The highest BCUT2D eigenvalue weighted by Gasteiger charge is 2.26. The Morgan fingerprint density at radius 2 is 1.73 bits per heavy atom. The zero-order chi connectivity index (χ0) is 21.1. The largest absolute Gasteiger partial charge is 0.504 e. The maximum Gasteiger partial charge on any atom is 0.162 e. The van der Waals surface area contributed by atoms with E-state index in [0.717, 1.165) is 22.4 Å². The minimum atomic E-state index is -0.205. The van der Waals surface area contributed by atoms with E-state index in [9.17, 15) is 5.11 Å². The van der Waals surface area contributed by atoms with Crippen LogP contribution in [-0.4, -0.2) is 11.7 Å². The van der Waals surface area contributed by atoms with E-state index in [2.05, 4.69) is 47.9 Å². The van der Waals surface area contributed by atoms with Gasteiger partial charge in [0.1, 0.15) is 6.17 Å². The molecule has 2 atom stereocenters. The van der Waals surface area contributed by atoms with Crippen molar-refractivity contribution in [1.82, 2.24) is 10.6 Å². The number of nitrogens with one attached hydrogen (secondary N) is 2. The van der Waals surface area contributed by atoms with E-state index >= 15 is 0 Å². The van der Waals surface area contributed by atoms with Crippen LogP contribution in [0.25, 0.3) is 5.70 Å². The molecule has 154 valence electrons. The summed E-state index contributed by atoms with van der Waals surface area (Å²) >= 11 is 6.08. The Labute approximate surface area is 182 Å². The molecule has 0 saturated heterocycles. The van der Waals surface area contributed by atoms with Crippen molar-refractivity contribution in [2.24, 2.45) is 0 Å². The predicted molar refractivity (Wildman–Crippen MR) is 122 cm³/mol. The number of hydrogen-bond acceptors (Lipinski definition) is 4. The molecule has 0 bridgehead atoms. The number of rotatable bonds is 5. The lowest BCUT2D eigenvalue weighted by atomic mass is 9.97. The third-order valence-corrected chi connectivity index (χ3v) is 5.46. The first-order chi connectivity index (χ1) is 14.5. The molecule has 0 fully saturated rings. The van der Waals surface area contributed by atoms with Gasteiger partial charge in [0.25, 0.3) is 0 Å². The van der Waals surface area contributed by atoms with Gasteiger partial charge in [-0.1, -0.05) is 65.7 Å². The van der Waals surface area contributed by atoms with Crippen molar-refractivity contribution in [3.05, 3.63) is 100 Å². The molecule has 30 heavy (non-hydrogen) atoms. The highest BCUT2D eigenvalue weighted by atomic mass is 35.5. The van der Waals surface area contributed by atoms with E-state index in [4.69, 9.17) is 16.3 Å². The highest BCUT2D eigenvalue weighted by molar-refractivity contribution is 6.30. The molecule has 0 amide bonds. The summed E-state index contributed by atoms with van der Waals surface area (Å²) in [5.41, 5.74) is 5.10. The van der Waals surface area contributed by atoms with Crippen LogP contribution in [0.3, 0.4) is 0 Å². The van der Waals surface area contributed by atoms with Gasteiger partial charge in [-0.3, -0.25) is 5.32 Å². The van der Waals surface area contributed by atoms with Gasteiger partial charge in [0.05, 0.1) is 12.6 Å². The quantitative estimate of drug-likeness (QED) is 0.493. The molecule has 3 N–H and O–H groups in total. The molecule has 1 heterocycles. The number of aryl methyl sites for hydroxylation is 1. The summed E-state index contributed by atoms with van der Waals surface area (Å²) in [7, 11) is 0. The van der Waals surface area contributed by atoms with Crippen LogP contribution in [0.15, 0.2) is 72.8 Å². The van der Waals surface area contributed by atoms with E-state index in [1.807, 2.05) is 43.3 Å². The zero-order valence-electron chi connectivity index (χ0n) is 17.0. The molecule has 0 spiro atoms. The first kappa shape index (κ1) is 20.3. The van der Waals surface area contributed by atoms with Crippen molar-refractivity contribution in [1.29, 1.82) is 0 Å². The Kier molecular flexibility index (Phi) is 5.98. The van der Waals surface area contributed by atoms with Crippen molar-refractivity contribution in [2.45, 2.75) is 26.1 Å². The van der Waals surface area contributed by atoms with Crippen LogP contribution in [0.5, 0.6) is 11.5 Å².